The molecule has 2 heteroatoms. The highest BCUT2D eigenvalue weighted by atomic mass is 16.5. The molecule has 0 aromatic heterocycles. The standard InChI is InChI=1S/C14H18O2/c1-3-16-14(15)13-8-11-6-4-10(2)5-7-12(11)9-13/h4-7,10,13H,3,8-9H2,1-2H3. The van der Waals surface area contributed by atoms with Crippen LogP contribution >= 0.6 is 0 Å². The van der Waals surface area contributed by atoms with Gasteiger partial charge in [-0.2, -0.15) is 0 Å². The molecule has 16 heavy (non-hydrogen) atoms. The summed E-state index contributed by atoms with van der Waals surface area (Å²) in [5.74, 6) is 0.477. The second-order valence-corrected chi connectivity index (χ2v) is 4.49. The quantitative estimate of drug-likeness (QED) is 0.666. The van der Waals surface area contributed by atoms with Gasteiger partial charge in [0.2, 0.25) is 0 Å². The van der Waals surface area contributed by atoms with E-state index in [1.807, 2.05) is 6.92 Å². The summed E-state index contributed by atoms with van der Waals surface area (Å²) in [6.07, 6.45) is 10.4. The molecule has 2 rings (SSSR count). The third-order valence-electron chi connectivity index (χ3n) is 3.17. The van der Waals surface area contributed by atoms with Gasteiger partial charge < -0.3 is 4.74 Å². The lowest BCUT2D eigenvalue weighted by Gasteiger charge is -2.08. The SMILES string of the molecule is CCOC(=O)C1CC2=C(C=CC(C)C=C2)C1. The van der Waals surface area contributed by atoms with Gasteiger partial charge in [-0.25, -0.2) is 0 Å². The summed E-state index contributed by atoms with van der Waals surface area (Å²) in [4.78, 5) is 11.6. The predicted molar refractivity (Wildman–Crippen MR) is 63.8 cm³/mol. The van der Waals surface area contributed by atoms with E-state index in [2.05, 4.69) is 31.2 Å². The second kappa shape index (κ2) is 4.69. The van der Waals surface area contributed by atoms with Gasteiger partial charge in [-0.3, -0.25) is 4.79 Å². The molecule has 0 N–H and O–H groups in total. The van der Waals surface area contributed by atoms with Crippen molar-refractivity contribution in [3.8, 4) is 0 Å². The molecule has 0 saturated carbocycles. The third kappa shape index (κ3) is 2.26. The van der Waals surface area contributed by atoms with Crippen molar-refractivity contribution >= 4 is 5.97 Å². The molecule has 0 aromatic rings. The summed E-state index contributed by atoms with van der Waals surface area (Å²) in [6, 6.07) is 0. The molecule has 0 amide bonds. The van der Waals surface area contributed by atoms with Gasteiger partial charge in [0, 0.05) is 0 Å². The molecule has 0 fully saturated rings. The topological polar surface area (TPSA) is 26.3 Å². The van der Waals surface area contributed by atoms with E-state index in [4.69, 9.17) is 4.74 Å². The van der Waals surface area contributed by atoms with Gasteiger partial charge in [-0.1, -0.05) is 31.2 Å². The Hall–Kier alpha value is -1.31. The van der Waals surface area contributed by atoms with Gasteiger partial charge in [-0.15, -0.1) is 0 Å². The smallest absolute Gasteiger partial charge is 0.309 e. The third-order valence-corrected chi connectivity index (χ3v) is 3.17. The van der Waals surface area contributed by atoms with Crippen molar-refractivity contribution in [3.63, 3.8) is 0 Å². The van der Waals surface area contributed by atoms with E-state index in [0.29, 0.717) is 12.5 Å². The van der Waals surface area contributed by atoms with Gasteiger partial charge in [-0.05, 0) is 36.8 Å². The number of esters is 1. The molecule has 0 bridgehead atoms. The molecule has 0 unspecified atom stereocenters. The van der Waals surface area contributed by atoms with Crippen LogP contribution in [0, 0.1) is 11.8 Å². The van der Waals surface area contributed by atoms with E-state index in [9.17, 15) is 4.79 Å². The van der Waals surface area contributed by atoms with Crippen molar-refractivity contribution in [2.75, 3.05) is 6.61 Å². The molecule has 0 radical (unpaired) electrons. The lowest BCUT2D eigenvalue weighted by Crippen LogP contribution is -2.15. The monoisotopic (exact) mass is 218 g/mol. The molecule has 0 spiro atoms. The Morgan fingerprint density at radius 3 is 2.38 bits per heavy atom. The lowest BCUT2D eigenvalue weighted by molar-refractivity contribution is -0.147. The van der Waals surface area contributed by atoms with Crippen molar-refractivity contribution in [3.05, 3.63) is 35.5 Å². The summed E-state index contributed by atoms with van der Waals surface area (Å²) < 4.78 is 5.07. The van der Waals surface area contributed by atoms with Crippen LogP contribution in [0.4, 0.5) is 0 Å². The Balaban J connectivity index is 2.05. The number of hydrogen-bond acceptors (Lipinski definition) is 2. The first-order valence-electron chi connectivity index (χ1n) is 5.95. The van der Waals surface area contributed by atoms with Crippen LogP contribution in [0.5, 0.6) is 0 Å². The average molecular weight is 218 g/mol. The van der Waals surface area contributed by atoms with Crippen LogP contribution in [-0.2, 0) is 9.53 Å². The average Bonchev–Trinajstić information content (AvgIpc) is 2.60. The molecule has 0 aromatic carbocycles. The predicted octanol–water partition coefficient (Wildman–Crippen LogP) is 3.02. The highest BCUT2D eigenvalue weighted by molar-refractivity contribution is 5.75. The Morgan fingerprint density at radius 2 is 1.88 bits per heavy atom. The van der Waals surface area contributed by atoms with Crippen molar-refractivity contribution < 1.29 is 9.53 Å². The minimum atomic E-state index is -0.0505. The largest absolute Gasteiger partial charge is 0.466 e. The molecule has 0 saturated heterocycles. The zero-order valence-corrected chi connectivity index (χ0v) is 9.90. The first-order valence-corrected chi connectivity index (χ1v) is 5.95. The van der Waals surface area contributed by atoms with Crippen LogP contribution in [0.15, 0.2) is 35.5 Å². The van der Waals surface area contributed by atoms with Crippen LogP contribution < -0.4 is 0 Å². The van der Waals surface area contributed by atoms with Crippen LogP contribution in [0.1, 0.15) is 26.7 Å². The van der Waals surface area contributed by atoms with Crippen molar-refractivity contribution in [2.45, 2.75) is 26.7 Å². The first kappa shape index (κ1) is 11.2. The summed E-state index contributed by atoms with van der Waals surface area (Å²) in [5, 5.41) is 0. The van der Waals surface area contributed by atoms with E-state index in [1.54, 1.807) is 0 Å². The number of rotatable bonds is 2. The number of carbonyl (C=O) groups is 1. The Kier molecular flexibility index (Phi) is 3.28. The molecular formula is C14H18O2. The molecule has 2 aliphatic carbocycles. The number of hydrogen-bond donors (Lipinski definition) is 0. The normalized spacial score (nSPS) is 21.1. The van der Waals surface area contributed by atoms with Crippen molar-refractivity contribution in [2.24, 2.45) is 11.8 Å². The maximum absolute atomic E-state index is 11.6. The molecule has 2 nitrogen and oxygen atoms in total. The first-order chi connectivity index (χ1) is 7.70. The Labute approximate surface area is 96.7 Å². The Bertz CT molecular complexity index is 348. The van der Waals surface area contributed by atoms with Crippen LogP contribution in [-0.4, -0.2) is 12.6 Å². The van der Waals surface area contributed by atoms with Crippen LogP contribution in [0.25, 0.3) is 0 Å². The highest BCUT2D eigenvalue weighted by Crippen LogP contribution is 2.35. The molecule has 86 valence electrons. The van der Waals surface area contributed by atoms with E-state index >= 15 is 0 Å². The van der Waals surface area contributed by atoms with E-state index in [0.717, 1.165) is 12.8 Å². The molecule has 2 aliphatic rings. The van der Waals surface area contributed by atoms with Crippen molar-refractivity contribution in [1.82, 2.24) is 0 Å². The maximum Gasteiger partial charge on any atom is 0.309 e. The van der Waals surface area contributed by atoms with Crippen LogP contribution in [0.2, 0.25) is 0 Å². The summed E-state index contributed by atoms with van der Waals surface area (Å²) in [6.45, 7) is 4.49. The molecular weight excluding hydrogens is 200 g/mol. The zero-order chi connectivity index (χ0) is 11.5. The van der Waals surface area contributed by atoms with Crippen LogP contribution in [0.3, 0.4) is 0 Å². The number of allylic oxidation sites excluding steroid dienone is 6. The number of carbonyl (C=O) groups excluding carboxylic acids is 1. The molecule has 0 aliphatic heterocycles. The number of ether oxygens (including phenoxy) is 1. The van der Waals surface area contributed by atoms with E-state index in [1.165, 1.54) is 11.1 Å². The van der Waals surface area contributed by atoms with E-state index < -0.39 is 0 Å². The molecule has 0 atom stereocenters. The summed E-state index contributed by atoms with van der Waals surface area (Å²) in [7, 11) is 0. The van der Waals surface area contributed by atoms with Crippen molar-refractivity contribution in [1.29, 1.82) is 0 Å². The molecule has 0 heterocycles. The van der Waals surface area contributed by atoms with Gasteiger partial charge in [0.25, 0.3) is 0 Å². The summed E-state index contributed by atoms with van der Waals surface area (Å²) >= 11 is 0. The maximum atomic E-state index is 11.6. The minimum Gasteiger partial charge on any atom is -0.466 e. The fourth-order valence-electron chi connectivity index (χ4n) is 2.24. The fraction of sp³-hybridized carbons (Fsp3) is 0.500. The minimum absolute atomic E-state index is 0.0349. The summed E-state index contributed by atoms with van der Waals surface area (Å²) in [5.41, 5.74) is 2.61. The van der Waals surface area contributed by atoms with Gasteiger partial charge in [0.1, 0.15) is 0 Å². The van der Waals surface area contributed by atoms with Gasteiger partial charge in [0.05, 0.1) is 12.5 Å². The van der Waals surface area contributed by atoms with Gasteiger partial charge >= 0.3 is 5.97 Å². The zero-order valence-electron chi connectivity index (χ0n) is 9.90. The van der Waals surface area contributed by atoms with Gasteiger partial charge in [0.15, 0.2) is 0 Å². The van der Waals surface area contributed by atoms with E-state index in [-0.39, 0.29) is 11.9 Å². The highest BCUT2D eigenvalue weighted by Gasteiger charge is 2.28. The Morgan fingerprint density at radius 1 is 1.31 bits per heavy atom. The second-order valence-electron chi connectivity index (χ2n) is 4.49. The lowest BCUT2D eigenvalue weighted by atomic mass is 10.0. The fourth-order valence-corrected chi connectivity index (χ4v) is 2.24.